The number of ether oxygens (including phenoxy) is 4. The van der Waals surface area contributed by atoms with E-state index >= 15 is 0 Å². The Balaban J connectivity index is 1.32. The van der Waals surface area contributed by atoms with E-state index in [9.17, 15) is 14.0 Å². The molecule has 3 aromatic rings. The smallest absolute Gasteiger partial charge is 0.307 e. The van der Waals surface area contributed by atoms with Crippen molar-refractivity contribution in [2.24, 2.45) is 0 Å². The molecule has 0 saturated heterocycles. The van der Waals surface area contributed by atoms with Gasteiger partial charge in [-0.2, -0.15) is 0 Å². The number of nitrogens with zero attached hydrogens (tertiary/aromatic N) is 1. The van der Waals surface area contributed by atoms with Crippen molar-refractivity contribution in [2.75, 3.05) is 13.9 Å². The molecule has 2 aliphatic heterocycles. The molecule has 9 heteroatoms. The maximum Gasteiger partial charge on any atom is 0.307 e. The standard InChI is InChI=1S/C32H31FN2O6/c1-38-30(36)17-26(21-12-13-25(33)28(16-21)41-22-7-3-2-4-8-22)34-31-23-9-5-6-10-24(23)32(37)35(31)18-20-11-14-27-29(15-20)40-19-39-27/h2-4,7-8,11-16,26,31,34H,5-6,9-10,17-19H2,1H3/t26-,31+/m1/s1. The van der Waals surface area contributed by atoms with Crippen LogP contribution in [0.1, 0.15) is 49.3 Å². The highest BCUT2D eigenvalue weighted by molar-refractivity contribution is 5.97. The number of amides is 1. The molecular weight excluding hydrogens is 527 g/mol. The topological polar surface area (TPSA) is 86.3 Å². The van der Waals surface area contributed by atoms with Crippen molar-refractivity contribution in [2.45, 2.75) is 50.9 Å². The van der Waals surface area contributed by atoms with Gasteiger partial charge in [-0.3, -0.25) is 14.9 Å². The Morgan fingerprint density at radius 3 is 2.68 bits per heavy atom. The first kappa shape index (κ1) is 26.8. The van der Waals surface area contributed by atoms with E-state index in [0.717, 1.165) is 42.4 Å². The number of esters is 1. The first-order valence-corrected chi connectivity index (χ1v) is 13.8. The molecule has 212 valence electrons. The van der Waals surface area contributed by atoms with Crippen molar-refractivity contribution in [1.82, 2.24) is 10.2 Å². The van der Waals surface area contributed by atoms with Gasteiger partial charge >= 0.3 is 5.97 Å². The number of carbonyl (C=O) groups is 2. The molecule has 0 unspecified atom stereocenters. The Morgan fingerprint density at radius 1 is 1.05 bits per heavy atom. The molecule has 1 aliphatic carbocycles. The monoisotopic (exact) mass is 558 g/mol. The second-order valence-electron chi connectivity index (χ2n) is 10.3. The van der Waals surface area contributed by atoms with Crippen LogP contribution in [0.15, 0.2) is 77.9 Å². The lowest BCUT2D eigenvalue weighted by Crippen LogP contribution is -2.46. The number of halogens is 1. The van der Waals surface area contributed by atoms with E-state index in [1.54, 1.807) is 36.4 Å². The first-order valence-electron chi connectivity index (χ1n) is 13.8. The SMILES string of the molecule is COC(=O)C[C@@H](N[C@@H]1C2=C(CCCC2)C(=O)N1Cc1ccc2c(c1)OCO2)c1ccc(F)c(Oc2ccccc2)c1. The van der Waals surface area contributed by atoms with Crippen molar-refractivity contribution in [3.05, 3.63) is 94.8 Å². The third-order valence-corrected chi connectivity index (χ3v) is 7.75. The molecule has 41 heavy (non-hydrogen) atoms. The number of hydrogen-bond donors (Lipinski definition) is 1. The lowest BCUT2D eigenvalue weighted by molar-refractivity contribution is -0.141. The summed E-state index contributed by atoms with van der Waals surface area (Å²) < 4.78 is 36.6. The normalized spacial score (nSPS) is 18.3. The van der Waals surface area contributed by atoms with E-state index in [4.69, 9.17) is 18.9 Å². The molecule has 8 nitrogen and oxygen atoms in total. The molecule has 0 aromatic heterocycles. The summed E-state index contributed by atoms with van der Waals surface area (Å²) in [7, 11) is 1.33. The van der Waals surface area contributed by atoms with Gasteiger partial charge in [0.1, 0.15) is 11.9 Å². The minimum Gasteiger partial charge on any atom is -0.469 e. The summed E-state index contributed by atoms with van der Waals surface area (Å²) in [4.78, 5) is 28.1. The molecule has 0 radical (unpaired) electrons. The highest BCUT2D eigenvalue weighted by Gasteiger charge is 2.41. The number of para-hydroxylation sites is 1. The van der Waals surface area contributed by atoms with Crippen LogP contribution >= 0.6 is 0 Å². The fraction of sp³-hybridized carbons (Fsp3) is 0.312. The molecule has 0 fully saturated rings. The van der Waals surface area contributed by atoms with E-state index in [2.05, 4.69) is 5.32 Å². The quantitative estimate of drug-likeness (QED) is 0.333. The van der Waals surface area contributed by atoms with Gasteiger partial charge in [0.25, 0.3) is 5.91 Å². The van der Waals surface area contributed by atoms with E-state index in [1.807, 2.05) is 29.2 Å². The Labute approximate surface area is 237 Å². The largest absolute Gasteiger partial charge is 0.469 e. The average molecular weight is 559 g/mol. The molecule has 2 atom stereocenters. The molecular formula is C32H31FN2O6. The molecule has 3 aliphatic rings. The lowest BCUT2D eigenvalue weighted by atomic mass is 9.92. The van der Waals surface area contributed by atoms with Gasteiger partial charge in [0, 0.05) is 18.2 Å². The summed E-state index contributed by atoms with van der Waals surface area (Å²) >= 11 is 0. The molecule has 3 aromatic carbocycles. The average Bonchev–Trinajstić information content (AvgIpc) is 3.57. The maximum atomic E-state index is 14.8. The second-order valence-corrected chi connectivity index (χ2v) is 10.3. The van der Waals surface area contributed by atoms with E-state index in [-0.39, 0.29) is 24.9 Å². The van der Waals surface area contributed by atoms with Crippen LogP contribution in [0.4, 0.5) is 4.39 Å². The zero-order valence-electron chi connectivity index (χ0n) is 22.7. The lowest BCUT2D eigenvalue weighted by Gasteiger charge is -2.32. The fourth-order valence-electron chi connectivity index (χ4n) is 5.69. The van der Waals surface area contributed by atoms with Crippen molar-refractivity contribution < 1.29 is 32.9 Å². The van der Waals surface area contributed by atoms with Crippen LogP contribution in [0.3, 0.4) is 0 Å². The van der Waals surface area contributed by atoms with E-state index in [0.29, 0.717) is 29.4 Å². The predicted octanol–water partition coefficient (Wildman–Crippen LogP) is 5.78. The molecule has 6 rings (SSSR count). The van der Waals surface area contributed by atoms with Gasteiger partial charge in [-0.15, -0.1) is 0 Å². The van der Waals surface area contributed by atoms with Gasteiger partial charge in [-0.25, -0.2) is 4.39 Å². The number of nitrogens with one attached hydrogen (secondary N) is 1. The number of benzene rings is 3. The minimum absolute atomic E-state index is 0.0149. The number of fused-ring (bicyclic) bond motifs is 1. The van der Waals surface area contributed by atoms with Crippen molar-refractivity contribution >= 4 is 11.9 Å². The van der Waals surface area contributed by atoms with Gasteiger partial charge in [0.15, 0.2) is 23.1 Å². The number of methoxy groups -OCH3 is 1. The number of carbonyl (C=O) groups excluding carboxylic acids is 2. The third kappa shape index (κ3) is 5.63. The van der Waals surface area contributed by atoms with Gasteiger partial charge < -0.3 is 23.8 Å². The molecule has 1 N–H and O–H groups in total. The third-order valence-electron chi connectivity index (χ3n) is 7.75. The van der Waals surface area contributed by atoms with Crippen LogP contribution in [0.5, 0.6) is 23.0 Å². The Bertz CT molecular complexity index is 1490. The number of rotatable bonds is 9. The fourth-order valence-corrected chi connectivity index (χ4v) is 5.69. The van der Waals surface area contributed by atoms with Crippen molar-refractivity contribution in [3.63, 3.8) is 0 Å². The van der Waals surface area contributed by atoms with Crippen LogP contribution in [0.2, 0.25) is 0 Å². The molecule has 1 amide bonds. The van der Waals surface area contributed by atoms with Gasteiger partial charge in [0.05, 0.1) is 13.5 Å². The molecule has 0 saturated carbocycles. The summed E-state index contributed by atoms with van der Waals surface area (Å²) in [6.45, 7) is 0.515. The number of hydrogen-bond acceptors (Lipinski definition) is 7. The maximum absolute atomic E-state index is 14.8. The molecule has 0 spiro atoms. The van der Waals surface area contributed by atoms with Gasteiger partial charge in [0.2, 0.25) is 6.79 Å². The highest BCUT2D eigenvalue weighted by Crippen LogP contribution is 2.39. The Hall–Kier alpha value is -4.37. The first-order chi connectivity index (χ1) is 20.0. The zero-order chi connectivity index (χ0) is 28.3. The summed E-state index contributed by atoms with van der Waals surface area (Å²) in [5, 5.41) is 3.57. The summed E-state index contributed by atoms with van der Waals surface area (Å²) in [5.41, 5.74) is 3.42. The minimum atomic E-state index is -0.577. The Morgan fingerprint density at radius 2 is 1.85 bits per heavy atom. The van der Waals surface area contributed by atoms with Crippen LogP contribution in [-0.2, 0) is 20.9 Å². The van der Waals surface area contributed by atoms with Crippen molar-refractivity contribution in [3.8, 4) is 23.0 Å². The highest BCUT2D eigenvalue weighted by atomic mass is 19.1. The zero-order valence-corrected chi connectivity index (χ0v) is 22.7. The predicted molar refractivity (Wildman–Crippen MR) is 148 cm³/mol. The van der Waals surface area contributed by atoms with Crippen LogP contribution in [-0.4, -0.2) is 36.8 Å². The molecule has 0 bridgehead atoms. The second kappa shape index (κ2) is 11.6. The van der Waals surface area contributed by atoms with E-state index in [1.165, 1.54) is 13.2 Å². The van der Waals surface area contributed by atoms with E-state index < -0.39 is 24.0 Å². The summed E-state index contributed by atoms with van der Waals surface area (Å²) in [6, 6.07) is 18.6. The Kier molecular flexibility index (Phi) is 7.61. The van der Waals surface area contributed by atoms with Crippen LogP contribution in [0, 0.1) is 5.82 Å². The summed E-state index contributed by atoms with van der Waals surface area (Å²) in [5.74, 6) is 0.902. The van der Waals surface area contributed by atoms with Crippen molar-refractivity contribution in [1.29, 1.82) is 0 Å². The van der Waals surface area contributed by atoms with Gasteiger partial charge in [-0.1, -0.05) is 30.3 Å². The van der Waals surface area contributed by atoms with Crippen LogP contribution in [0.25, 0.3) is 0 Å². The molecule has 2 heterocycles. The van der Waals surface area contributed by atoms with Gasteiger partial charge in [-0.05, 0) is 78.8 Å². The summed E-state index contributed by atoms with van der Waals surface area (Å²) in [6.07, 6.45) is 2.98. The van der Waals surface area contributed by atoms with Crippen LogP contribution < -0.4 is 19.5 Å².